The van der Waals surface area contributed by atoms with Gasteiger partial charge in [-0.15, -0.1) is 0 Å². The molecule has 0 saturated heterocycles. The van der Waals surface area contributed by atoms with Gasteiger partial charge in [-0.05, 0) is 6.42 Å². The van der Waals surface area contributed by atoms with Gasteiger partial charge in [-0.3, -0.25) is 0 Å². The summed E-state index contributed by atoms with van der Waals surface area (Å²) in [6, 6.07) is 0.590. The van der Waals surface area contributed by atoms with Crippen LogP contribution in [0.3, 0.4) is 0 Å². The zero-order valence-electron chi connectivity index (χ0n) is 14.5. The third-order valence-corrected chi connectivity index (χ3v) is 5.90. The first kappa shape index (κ1) is 21.6. The number of carbonyl (C=O) groups excluding carboxylic acids is 2. The summed E-state index contributed by atoms with van der Waals surface area (Å²) >= 11 is 0. The van der Waals surface area contributed by atoms with E-state index in [1.165, 1.54) is 7.05 Å². The number of nitrogens with one attached hydrogen (secondary N) is 2. The van der Waals surface area contributed by atoms with Crippen LogP contribution in [0.1, 0.15) is 13.3 Å². The Balaban J connectivity index is 3.81. The molecule has 0 aromatic carbocycles. The molecule has 0 fully saturated rings. The van der Waals surface area contributed by atoms with Crippen molar-refractivity contribution in [3.8, 4) is 0 Å². The largest absolute Gasteiger partial charge is 0.500 e. The Hall–Kier alpha value is -1.36. The molecule has 0 rings (SSSR count). The van der Waals surface area contributed by atoms with Crippen molar-refractivity contribution in [2.45, 2.75) is 19.4 Å². The maximum Gasteiger partial charge on any atom is 0.500 e. The summed E-state index contributed by atoms with van der Waals surface area (Å²) in [6.07, 6.45) is -0.383. The predicted molar refractivity (Wildman–Crippen MR) is 85.1 cm³/mol. The van der Waals surface area contributed by atoms with Crippen LogP contribution < -0.4 is 10.6 Å². The third-order valence-electron chi connectivity index (χ3n) is 3.06. The van der Waals surface area contributed by atoms with Crippen LogP contribution in [-0.2, 0) is 22.8 Å². The fourth-order valence-electron chi connectivity index (χ4n) is 1.66. The molecule has 0 saturated carbocycles. The van der Waals surface area contributed by atoms with Crippen LogP contribution in [0.15, 0.2) is 0 Å². The highest BCUT2D eigenvalue weighted by Crippen LogP contribution is 2.14. The number of amides is 2. The standard InChI is InChI=1S/C13H28N2O7Si/c1-11(9-21-12(16)14-2)10-22-13(17)15-7-6-8-23(18-3,19-4)20-5/h11H,6-10H2,1-5H3,(H,14,16)(H,15,17). The van der Waals surface area contributed by atoms with Crippen LogP contribution in [0.4, 0.5) is 9.59 Å². The Morgan fingerprint density at radius 3 is 2.00 bits per heavy atom. The van der Waals surface area contributed by atoms with Crippen LogP contribution >= 0.6 is 0 Å². The Morgan fingerprint density at radius 1 is 1.00 bits per heavy atom. The van der Waals surface area contributed by atoms with Crippen molar-refractivity contribution in [1.29, 1.82) is 0 Å². The number of ether oxygens (including phenoxy) is 2. The summed E-state index contributed by atoms with van der Waals surface area (Å²) in [5.41, 5.74) is 0. The maximum absolute atomic E-state index is 11.5. The molecule has 1 unspecified atom stereocenters. The summed E-state index contributed by atoms with van der Waals surface area (Å²) in [4.78, 5) is 22.4. The second kappa shape index (κ2) is 12.1. The second-order valence-electron chi connectivity index (χ2n) is 4.88. The van der Waals surface area contributed by atoms with Gasteiger partial charge in [-0.2, -0.15) is 0 Å². The molecule has 0 spiro atoms. The molecule has 0 aliphatic rings. The smallest absolute Gasteiger partial charge is 0.449 e. The summed E-state index contributed by atoms with van der Waals surface area (Å²) in [6.45, 7) is 2.57. The van der Waals surface area contributed by atoms with Crippen molar-refractivity contribution in [1.82, 2.24) is 10.6 Å². The maximum atomic E-state index is 11.5. The number of hydrogen-bond donors (Lipinski definition) is 2. The van der Waals surface area contributed by atoms with Crippen molar-refractivity contribution in [2.24, 2.45) is 5.92 Å². The van der Waals surface area contributed by atoms with Crippen molar-refractivity contribution in [2.75, 3.05) is 48.1 Å². The third kappa shape index (κ3) is 9.38. The quantitative estimate of drug-likeness (QED) is 0.422. The normalized spacial score (nSPS) is 12.4. The fourth-order valence-corrected chi connectivity index (χ4v) is 3.38. The van der Waals surface area contributed by atoms with E-state index >= 15 is 0 Å². The van der Waals surface area contributed by atoms with Crippen molar-refractivity contribution < 1.29 is 32.3 Å². The summed E-state index contributed by atoms with van der Waals surface area (Å²) in [5.74, 6) is -0.0893. The number of alkyl carbamates (subject to hydrolysis) is 2. The van der Waals surface area contributed by atoms with Crippen LogP contribution in [0.2, 0.25) is 6.04 Å². The number of rotatable bonds is 11. The molecular weight excluding hydrogens is 324 g/mol. The van der Waals surface area contributed by atoms with Gasteiger partial charge >= 0.3 is 21.0 Å². The average Bonchev–Trinajstić information content (AvgIpc) is 2.58. The molecule has 9 nitrogen and oxygen atoms in total. The Morgan fingerprint density at radius 2 is 1.52 bits per heavy atom. The summed E-state index contributed by atoms with van der Waals surface area (Å²) in [5, 5.41) is 4.97. The van der Waals surface area contributed by atoms with E-state index in [-0.39, 0.29) is 19.1 Å². The lowest BCUT2D eigenvalue weighted by Gasteiger charge is -2.24. The minimum absolute atomic E-state index is 0.0893. The van der Waals surface area contributed by atoms with E-state index in [0.717, 1.165) is 0 Å². The predicted octanol–water partition coefficient (Wildman–Crippen LogP) is 0.973. The molecular formula is C13H28N2O7Si. The molecule has 10 heteroatoms. The molecule has 0 aliphatic carbocycles. The Labute approximate surface area is 138 Å². The van der Waals surface area contributed by atoms with E-state index in [4.69, 9.17) is 22.8 Å². The molecule has 0 radical (unpaired) electrons. The first-order chi connectivity index (χ1) is 10.9. The molecule has 0 aliphatic heterocycles. The van der Waals surface area contributed by atoms with Crippen LogP contribution in [0.25, 0.3) is 0 Å². The lowest BCUT2D eigenvalue weighted by molar-refractivity contribution is 0.0919. The van der Waals surface area contributed by atoms with Gasteiger partial charge in [0.1, 0.15) is 0 Å². The van der Waals surface area contributed by atoms with Crippen LogP contribution in [0, 0.1) is 5.92 Å². The highest BCUT2D eigenvalue weighted by molar-refractivity contribution is 6.60. The average molecular weight is 352 g/mol. The van der Waals surface area contributed by atoms with E-state index in [1.54, 1.807) is 21.3 Å². The summed E-state index contributed by atoms with van der Waals surface area (Å²) in [7, 11) is 3.51. The van der Waals surface area contributed by atoms with E-state index in [1.807, 2.05) is 6.92 Å². The topological polar surface area (TPSA) is 104 Å². The molecule has 2 amide bonds. The monoisotopic (exact) mass is 352 g/mol. The van der Waals surface area contributed by atoms with Gasteiger partial charge in [0.15, 0.2) is 0 Å². The second-order valence-corrected chi connectivity index (χ2v) is 7.97. The van der Waals surface area contributed by atoms with E-state index in [9.17, 15) is 9.59 Å². The van der Waals surface area contributed by atoms with E-state index < -0.39 is 21.0 Å². The van der Waals surface area contributed by atoms with Crippen LogP contribution in [0.5, 0.6) is 0 Å². The van der Waals surface area contributed by atoms with Gasteiger partial charge in [-0.25, -0.2) is 9.59 Å². The van der Waals surface area contributed by atoms with Crippen molar-refractivity contribution in [3.63, 3.8) is 0 Å². The molecule has 1 atom stereocenters. The fraction of sp³-hybridized carbons (Fsp3) is 0.846. The van der Waals surface area contributed by atoms with E-state index in [2.05, 4.69) is 10.6 Å². The molecule has 136 valence electrons. The van der Waals surface area contributed by atoms with Gasteiger partial charge in [-0.1, -0.05) is 6.92 Å². The number of carbonyl (C=O) groups is 2. The van der Waals surface area contributed by atoms with Gasteiger partial charge in [0.2, 0.25) is 0 Å². The molecule has 0 bridgehead atoms. The van der Waals surface area contributed by atoms with Gasteiger partial charge < -0.3 is 33.4 Å². The number of hydrogen-bond acceptors (Lipinski definition) is 7. The zero-order chi connectivity index (χ0) is 17.7. The Kier molecular flexibility index (Phi) is 11.4. The molecule has 0 aromatic rings. The van der Waals surface area contributed by atoms with Crippen molar-refractivity contribution >= 4 is 21.0 Å². The SMILES string of the molecule is CNC(=O)OCC(C)COC(=O)NCCC[Si](OC)(OC)OC. The lowest BCUT2D eigenvalue weighted by Crippen LogP contribution is -2.43. The van der Waals surface area contributed by atoms with Crippen molar-refractivity contribution in [3.05, 3.63) is 0 Å². The minimum atomic E-state index is -2.60. The zero-order valence-corrected chi connectivity index (χ0v) is 15.5. The molecule has 0 aromatic heterocycles. The van der Waals surface area contributed by atoms with Gasteiger partial charge in [0.05, 0.1) is 13.2 Å². The highest BCUT2D eigenvalue weighted by atomic mass is 28.4. The molecule has 0 heterocycles. The Bertz CT molecular complexity index is 345. The highest BCUT2D eigenvalue weighted by Gasteiger charge is 2.36. The first-order valence-electron chi connectivity index (χ1n) is 7.33. The van der Waals surface area contributed by atoms with Gasteiger partial charge in [0.25, 0.3) is 0 Å². The van der Waals surface area contributed by atoms with Crippen LogP contribution in [-0.4, -0.2) is 69.1 Å². The van der Waals surface area contributed by atoms with Gasteiger partial charge in [0, 0.05) is 46.9 Å². The van der Waals surface area contributed by atoms with E-state index in [0.29, 0.717) is 19.0 Å². The molecule has 2 N–H and O–H groups in total. The lowest BCUT2D eigenvalue weighted by atomic mass is 10.2. The molecule has 23 heavy (non-hydrogen) atoms. The minimum Gasteiger partial charge on any atom is -0.449 e. The first-order valence-corrected chi connectivity index (χ1v) is 9.26. The summed E-state index contributed by atoms with van der Waals surface area (Å²) < 4.78 is 25.7.